The quantitative estimate of drug-likeness (QED) is 0.486. The first kappa shape index (κ1) is 15.9. The van der Waals surface area contributed by atoms with E-state index >= 15 is 0 Å². The van der Waals surface area contributed by atoms with Crippen molar-refractivity contribution in [3.8, 4) is 0 Å². The van der Waals surface area contributed by atoms with Crippen LogP contribution in [0.2, 0.25) is 0 Å². The molecule has 0 unspecified atom stereocenters. The van der Waals surface area contributed by atoms with Crippen molar-refractivity contribution in [2.24, 2.45) is 10.2 Å². The van der Waals surface area contributed by atoms with Crippen LogP contribution in [0.5, 0.6) is 0 Å². The first-order chi connectivity index (χ1) is 11.6. The van der Waals surface area contributed by atoms with E-state index in [-0.39, 0.29) is 11.6 Å². The Labute approximate surface area is 141 Å². The molecule has 1 heterocycles. The molecule has 0 N–H and O–H groups in total. The average molecular weight is 340 g/mol. The molecule has 0 atom stereocenters. The average Bonchev–Trinajstić information content (AvgIpc) is 2.96. The van der Waals surface area contributed by atoms with Crippen molar-refractivity contribution >= 4 is 40.4 Å². The molecule has 8 heteroatoms. The highest BCUT2D eigenvalue weighted by Gasteiger charge is 2.29. The number of nitro benzene ring substituents is 1. The lowest BCUT2D eigenvalue weighted by Gasteiger charge is -2.14. The zero-order chi connectivity index (χ0) is 16.9. The fourth-order valence-corrected chi connectivity index (χ4v) is 2.95. The van der Waals surface area contributed by atoms with Gasteiger partial charge >= 0.3 is 0 Å². The zero-order valence-corrected chi connectivity index (χ0v) is 13.2. The van der Waals surface area contributed by atoms with Gasteiger partial charge in [-0.05, 0) is 12.1 Å². The van der Waals surface area contributed by atoms with Crippen molar-refractivity contribution in [1.29, 1.82) is 0 Å². The minimum atomic E-state index is -0.466. The molecule has 3 rings (SSSR count). The number of nitro groups is 1. The fourth-order valence-electron chi connectivity index (χ4n) is 2.13. The van der Waals surface area contributed by atoms with Crippen molar-refractivity contribution in [2.45, 2.75) is 0 Å². The molecule has 0 saturated carbocycles. The van der Waals surface area contributed by atoms with Gasteiger partial charge in [0, 0.05) is 17.7 Å². The van der Waals surface area contributed by atoms with Gasteiger partial charge in [0.15, 0.2) is 5.17 Å². The lowest BCUT2D eigenvalue weighted by atomic mass is 10.2. The molecule has 2 aromatic carbocycles. The van der Waals surface area contributed by atoms with Crippen LogP contribution in [0.4, 0.5) is 11.4 Å². The van der Waals surface area contributed by atoms with Gasteiger partial charge in [-0.1, -0.05) is 42.1 Å². The maximum Gasteiger partial charge on any atom is 0.270 e. The van der Waals surface area contributed by atoms with Crippen LogP contribution >= 0.6 is 11.8 Å². The third-order valence-corrected chi connectivity index (χ3v) is 4.12. The minimum absolute atomic E-state index is 0.0112. The molecule has 120 valence electrons. The summed E-state index contributed by atoms with van der Waals surface area (Å²) in [4.78, 5) is 23.8. The Morgan fingerprint density at radius 1 is 1.17 bits per heavy atom. The number of carbonyl (C=O) groups excluding carboxylic acids is 1. The summed E-state index contributed by atoms with van der Waals surface area (Å²) in [6.07, 6.45) is 1.42. The largest absolute Gasteiger partial charge is 0.273 e. The molecular weight excluding hydrogens is 328 g/mol. The standard InChI is InChI=1S/C16H12N4O3S/c21-15-11-24-16(19(15)13-6-2-1-3-7-13)18-17-10-12-5-4-8-14(9-12)20(22)23/h1-10H,11H2/b17-10+,18-16+. The molecule has 1 amide bonds. The highest BCUT2D eigenvalue weighted by atomic mass is 32.2. The van der Waals surface area contributed by atoms with E-state index in [1.807, 2.05) is 30.3 Å². The molecule has 2 aromatic rings. The summed E-state index contributed by atoms with van der Waals surface area (Å²) >= 11 is 1.30. The molecule has 0 aromatic heterocycles. The summed E-state index contributed by atoms with van der Waals surface area (Å²) in [7, 11) is 0. The van der Waals surface area contributed by atoms with E-state index < -0.39 is 4.92 Å². The van der Waals surface area contributed by atoms with Crippen molar-refractivity contribution in [1.82, 2.24) is 0 Å². The SMILES string of the molecule is O=C1CS/C(=N/N=C/c2cccc([N+](=O)[O-])c2)N1c1ccccc1. The fraction of sp³-hybridized carbons (Fsp3) is 0.0625. The van der Waals surface area contributed by atoms with Gasteiger partial charge < -0.3 is 0 Å². The number of carbonyl (C=O) groups is 1. The van der Waals surface area contributed by atoms with Crippen molar-refractivity contribution in [3.63, 3.8) is 0 Å². The lowest BCUT2D eigenvalue weighted by Crippen LogP contribution is -2.28. The molecular formula is C16H12N4O3S. The van der Waals surface area contributed by atoms with Crippen LogP contribution in [-0.2, 0) is 4.79 Å². The number of hydrogen-bond donors (Lipinski definition) is 0. The predicted molar refractivity (Wildman–Crippen MR) is 94.5 cm³/mol. The Bertz CT molecular complexity index is 836. The molecule has 0 spiro atoms. The number of non-ortho nitro benzene ring substituents is 1. The predicted octanol–water partition coefficient (Wildman–Crippen LogP) is 3.06. The van der Waals surface area contributed by atoms with Crippen LogP contribution in [0.1, 0.15) is 5.56 Å². The first-order valence-electron chi connectivity index (χ1n) is 7.01. The molecule has 7 nitrogen and oxygen atoms in total. The van der Waals surface area contributed by atoms with Gasteiger partial charge in [0.2, 0.25) is 5.91 Å². The third kappa shape index (κ3) is 3.49. The Hall–Kier alpha value is -3.00. The van der Waals surface area contributed by atoms with E-state index in [0.29, 0.717) is 16.5 Å². The van der Waals surface area contributed by atoms with E-state index in [2.05, 4.69) is 10.2 Å². The molecule has 0 bridgehead atoms. The number of benzene rings is 2. The number of nitrogens with zero attached hydrogens (tertiary/aromatic N) is 4. The number of amides is 1. The second kappa shape index (κ2) is 7.05. The van der Waals surface area contributed by atoms with Gasteiger partial charge in [0.05, 0.1) is 22.6 Å². The van der Waals surface area contributed by atoms with Gasteiger partial charge in [0.25, 0.3) is 5.69 Å². The van der Waals surface area contributed by atoms with Gasteiger partial charge in [-0.2, -0.15) is 5.10 Å². The van der Waals surface area contributed by atoms with Crippen LogP contribution in [-0.4, -0.2) is 28.0 Å². The normalized spacial score (nSPS) is 16.2. The summed E-state index contributed by atoms with van der Waals surface area (Å²) in [5.41, 5.74) is 1.29. The molecule has 1 fully saturated rings. The Kier molecular flexibility index (Phi) is 4.66. The number of anilines is 1. The summed E-state index contributed by atoms with van der Waals surface area (Å²) < 4.78 is 0. The van der Waals surface area contributed by atoms with Gasteiger partial charge in [-0.3, -0.25) is 19.8 Å². The third-order valence-electron chi connectivity index (χ3n) is 3.21. The van der Waals surface area contributed by atoms with Gasteiger partial charge in [-0.15, -0.1) is 5.10 Å². The van der Waals surface area contributed by atoms with E-state index in [9.17, 15) is 14.9 Å². The number of rotatable bonds is 4. The van der Waals surface area contributed by atoms with Gasteiger partial charge in [0.1, 0.15) is 0 Å². The summed E-state index contributed by atoms with van der Waals surface area (Å²) in [5.74, 6) is 0.246. The second-order valence-corrected chi connectivity index (χ2v) is 5.78. The van der Waals surface area contributed by atoms with E-state index in [0.717, 1.165) is 5.69 Å². The summed E-state index contributed by atoms with van der Waals surface area (Å²) in [5, 5.41) is 19.3. The Morgan fingerprint density at radius 2 is 1.96 bits per heavy atom. The molecule has 0 radical (unpaired) electrons. The molecule has 1 saturated heterocycles. The Morgan fingerprint density at radius 3 is 2.71 bits per heavy atom. The second-order valence-electron chi connectivity index (χ2n) is 4.83. The zero-order valence-electron chi connectivity index (χ0n) is 12.4. The number of amidine groups is 1. The smallest absolute Gasteiger partial charge is 0.270 e. The summed E-state index contributed by atoms with van der Waals surface area (Å²) in [6.45, 7) is 0. The maximum atomic E-state index is 12.0. The summed E-state index contributed by atoms with van der Waals surface area (Å²) in [6, 6.07) is 15.3. The maximum absolute atomic E-state index is 12.0. The molecule has 1 aliphatic rings. The monoisotopic (exact) mass is 340 g/mol. The van der Waals surface area contributed by atoms with Crippen molar-refractivity contribution < 1.29 is 9.72 Å². The van der Waals surface area contributed by atoms with E-state index in [1.165, 1.54) is 35.0 Å². The number of para-hydroxylation sites is 1. The Balaban J connectivity index is 1.81. The highest BCUT2D eigenvalue weighted by Crippen LogP contribution is 2.26. The van der Waals surface area contributed by atoms with Crippen LogP contribution in [0, 0.1) is 10.1 Å². The van der Waals surface area contributed by atoms with Crippen LogP contribution < -0.4 is 4.90 Å². The lowest BCUT2D eigenvalue weighted by molar-refractivity contribution is -0.384. The first-order valence-corrected chi connectivity index (χ1v) is 8.00. The van der Waals surface area contributed by atoms with Crippen LogP contribution in [0.25, 0.3) is 0 Å². The van der Waals surface area contributed by atoms with Crippen LogP contribution in [0.15, 0.2) is 64.8 Å². The number of hydrogen-bond acceptors (Lipinski definition) is 6. The minimum Gasteiger partial charge on any atom is -0.273 e. The topological polar surface area (TPSA) is 88.2 Å². The number of thioether (sulfide) groups is 1. The van der Waals surface area contributed by atoms with E-state index in [4.69, 9.17) is 0 Å². The molecule has 24 heavy (non-hydrogen) atoms. The van der Waals surface area contributed by atoms with Crippen molar-refractivity contribution in [3.05, 3.63) is 70.3 Å². The molecule has 0 aliphatic carbocycles. The van der Waals surface area contributed by atoms with Gasteiger partial charge in [-0.25, -0.2) is 0 Å². The molecule has 1 aliphatic heterocycles. The highest BCUT2D eigenvalue weighted by molar-refractivity contribution is 8.15. The van der Waals surface area contributed by atoms with E-state index in [1.54, 1.807) is 12.1 Å². The van der Waals surface area contributed by atoms with Crippen LogP contribution in [0.3, 0.4) is 0 Å². The van der Waals surface area contributed by atoms with Crippen molar-refractivity contribution in [2.75, 3.05) is 10.7 Å².